The fraction of sp³-hybridized carbons (Fsp3) is 0.600. The Morgan fingerprint density at radius 3 is 2.20 bits per heavy atom. The second kappa shape index (κ2) is 5.13. The lowest BCUT2D eigenvalue weighted by Gasteiger charge is -2.35. The van der Waals surface area contributed by atoms with Crippen molar-refractivity contribution in [1.29, 1.82) is 0 Å². The largest absolute Gasteiger partial charge is 0.300 e. The highest BCUT2D eigenvalue weighted by atomic mass is 32.2. The van der Waals surface area contributed by atoms with Gasteiger partial charge in [-0.25, -0.2) is 0 Å². The van der Waals surface area contributed by atoms with Gasteiger partial charge >= 0.3 is 0 Å². The monoisotopic (exact) mass is 295 g/mol. The fourth-order valence-corrected chi connectivity index (χ4v) is 4.48. The Labute approximate surface area is 120 Å². The minimum Gasteiger partial charge on any atom is -0.300 e. The molecule has 2 aliphatic rings. The number of nitrogens with zero attached hydrogens (tertiary/aromatic N) is 1. The number of rotatable bonds is 3. The van der Waals surface area contributed by atoms with Gasteiger partial charge in [-0.2, -0.15) is 8.42 Å². The minimum atomic E-state index is -3.63. The average molecular weight is 295 g/mol. The highest BCUT2D eigenvalue weighted by molar-refractivity contribution is 7.86. The first-order valence-corrected chi connectivity index (χ1v) is 8.58. The molecule has 5 heteroatoms. The molecule has 2 saturated heterocycles. The van der Waals surface area contributed by atoms with Crippen molar-refractivity contribution in [2.24, 2.45) is 0 Å². The highest BCUT2D eigenvalue weighted by Gasteiger charge is 2.40. The summed E-state index contributed by atoms with van der Waals surface area (Å²) in [6.45, 7) is 1.94. The van der Waals surface area contributed by atoms with E-state index < -0.39 is 10.1 Å². The molecule has 2 heterocycles. The molecule has 4 nitrogen and oxygen atoms in total. The Balaban J connectivity index is 1.73. The number of piperidine rings is 1. The molecular formula is C15H21NO3S. The molecule has 0 aromatic heterocycles. The number of fused-ring (bicyclic) bond motifs is 2. The Morgan fingerprint density at radius 1 is 1.10 bits per heavy atom. The van der Waals surface area contributed by atoms with Crippen molar-refractivity contribution in [1.82, 2.24) is 4.90 Å². The van der Waals surface area contributed by atoms with Crippen LogP contribution >= 0.6 is 0 Å². The molecule has 0 spiro atoms. The first kappa shape index (κ1) is 14.0. The van der Waals surface area contributed by atoms with Crippen LogP contribution in [0.25, 0.3) is 0 Å². The maximum Gasteiger partial charge on any atom is 0.297 e. The molecule has 2 bridgehead atoms. The van der Waals surface area contributed by atoms with E-state index in [1.807, 2.05) is 6.92 Å². The standard InChI is InChI=1S/C15H21NO3S/c1-11-3-7-15(8-4-11)20(17,18)19-14-9-12-5-6-13(10-14)16(12)2/h3-4,7-8,12-14H,5-6,9-10H2,1-2H3/t12-,13+,14?. The molecule has 1 unspecified atom stereocenters. The molecule has 1 aromatic rings. The summed E-state index contributed by atoms with van der Waals surface area (Å²) in [5, 5.41) is 0. The van der Waals surface area contributed by atoms with Crippen LogP contribution in [0.5, 0.6) is 0 Å². The van der Waals surface area contributed by atoms with Crippen molar-refractivity contribution in [2.75, 3.05) is 7.05 Å². The van der Waals surface area contributed by atoms with Gasteiger partial charge in [0.05, 0.1) is 11.0 Å². The number of benzene rings is 1. The van der Waals surface area contributed by atoms with Crippen LogP contribution in [0.3, 0.4) is 0 Å². The molecule has 2 aliphatic heterocycles. The van der Waals surface area contributed by atoms with E-state index in [1.54, 1.807) is 24.3 Å². The number of hydrogen-bond acceptors (Lipinski definition) is 4. The Bertz CT molecular complexity index is 568. The maximum atomic E-state index is 12.3. The topological polar surface area (TPSA) is 46.6 Å². The first-order chi connectivity index (χ1) is 9.45. The van der Waals surface area contributed by atoms with Crippen molar-refractivity contribution in [3.05, 3.63) is 29.8 Å². The van der Waals surface area contributed by atoms with Crippen LogP contribution in [0.15, 0.2) is 29.2 Å². The van der Waals surface area contributed by atoms with E-state index in [0.717, 1.165) is 31.2 Å². The normalized spacial score (nSPS) is 30.6. The first-order valence-electron chi connectivity index (χ1n) is 7.17. The zero-order valence-corrected chi connectivity index (χ0v) is 12.8. The van der Waals surface area contributed by atoms with Crippen LogP contribution in [-0.2, 0) is 14.3 Å². The Hall–Kier alpha value is -0.910. The zero-order valence-electron chi connectivity index (χ0n) is 12.0. The van der Waals surface area contributed by atoms with E-state index in [2.05, 4.69) is 11.9 Å². The third-order valence-electron chi connectivity index (χ3n) is 4.63. The van der Waals surface area contributed by atoms with Gasteiger partial charge in [-0.05, 0) is 51.8 Å². The molecule has 3 atom stereocenters. The van der Waals surface area contributed by atoms with Crippen molar-refractivity contribution < 1.29 is 12.6 Å². The van der Waals surface area contributed by atoms with Crippen LogP contribution in [0.1, 0.15) is 31.2 Å². The third kappa shape index (κ3) is 2.62. The molecule has 3 rings (SSSR count). The van der Waals surface area contributed by atoms with Crippen LogP contribution in [0.4, 0.5) is 0 Å². The Kier molecular flexibility index (Phi) is 3.60. The molecule has 0 aliphatic carbocycles. The predicted molar refractivity (Wildman–Crippen MR) is 77.0 cm³/mol. The SMILES string of the molecule is Cc1ccc(S(=O)(=O)OC2C[C@H]3CC[C@@H](C2)N3C)cc1. The maximum absolute atomic E-state index is 12.3. The van der Waals surface area contributed by atoms with Crippen LogP contribution < -0.4 is 0 Å². The lowest BCUT2D eigenvalue weighted by atomic mass is 10.0. The Morgan fingerprint density at radius 2 is 1.65 bits per heavy atom. The molecule has 0 radical (unpaired) electrons. The minimum absolute atomic E-state index is 0.171. The van der Waals surface area contributed by atoms with Gasteiger partial charge in [0, 0.05) is 12.1 Å². The summed E-state index contributed by atoms with van der Waals surface area (Å²) in [7, 11) is -1.50. The van der Waals surface area contributed by atoms with E-state index in [-0.39, 0.29) is 11.0 Å². The molecule has 0 amide bonds. The summed E-state index contributed by atoms with van der Waals surface area (Å²) in [5.74, 6) is 0. The molecule has 0 N–H and O–H groups in total. The summed E-state index contributed by atoms with van der Waals surface area (Å²) in [6.07, 6.45) is 3.78. The van der Waals surface area contributed by atoms with Gasteiger partial charge < -0.3 is 4.90 Å². The van der Waals surface area contributed by atoms with E-state index in [0.29, 0.717) is 12.1 Å². The fourth-order valence-electron chi connectivity index (χ4n) is 3.38. The summed E-state index contributed by atoms with van der Waals surface area (Å²) < 4.78 is 30.1. The van der Waals surface area contributed by atoms with E-state index >= 15 is 0 Å². The van der Waals surface area contributed by atoms with Gasteiger partial charge in [0.25, 0.3) is 10.1 Å². The quantitative estimate of drug-likeness (QED) is 0.803. The van der Waals surface area contributed by atoms with Gasteiger partial charge in [0.15, 0.2) is 0 Å². The second-order valence-electron chi connectivity index (χ2n) is 6.01. The molecule has 2 fully saturated rings. The summed E-state index contributed by atoms with van der Waals surface area (Å²) in [4.78, 5) is 2.63. The van der Waals surface area contributed by atoms with Gasteiger partial charge in [0.1, 0.15) is 0 Å². The summed E-state index contributed by atoms with van der Waals surface area (Å²) >= 11 is 0. The number of hydrogen-bond donors (Lipinski definition) is 0. The highest BCUT2D eigenvalue weighted by Crippen LogP contribution is 2.36. The molecule has 0 saturated carbocycles. The van der Waals surface area contributed by atoms with E-state index in [1.165, 1.54) is 0 Å². The second-order valence-corrected chi connectivity index (χ2v) is 7.58. The van der Waals surface area contributed by atoms with Crippen LogP contribution in [-0.4, -0.2) is 38.6 Å². The van der Waals surface area contributed by atoms with E-state index in [9.17, 15) is 8.42 Å². The van der Waals surface area contributed by atoms with E-state index in [4.69, 9.17) is 4.18 Å². The zero-order chi connectivity index (χ0) is 14.3. The van der Waals surface area contributed by atoms with Crippen LogP contribution in [0.2, 0.25) is 0 Å². The smallest absolute Gasteiger partial charge is 0.297 e. The lowest BCUT2D eigenvalue weighted by Crippen LogP contribution is -2.43. The van der Waals surface area contributed by atoms with Gasteiger partial charge in [-0.3, -0.25) is 4.18 Å². The predicted octanol–water partition coefficient (Wildman–Crippen LogP) is 2.33. The molecule has 110 valence electrons. The third-order valence-corrected chi connectivity index (χ3v) is 6.00. The molecule has 20 heavy (non-hydrogen) atoms. The van der Waals surface area contributed by atoms with Crippen molar-refractivity contribution in [3.8, 4) is 0 Å². The molecule has 1 aromatic carbocycles. The van der Waals surface area contributed by atoms with Crippen LogP contribution in [0, 0.1) is 6.92 Å². The van der Waals surface area contributed by atoms with Gasteiger partial charge in [-0.1, -0.05) is 17.7 Å². The van der Waals surface area contributed by atoms with Gasteiger partial charge in [-0.15, -0.1) is 0 Å². The summed E-state index contributed by atoms with van der Waals surface area (Å²) in [5.41, 5.74) is 1.04. The lowest BCUT2D eigenvalue weighted by molar-refractivity contribution is 0.0704. The van der Waals surface area contributed by atoms with Gasteiger partial charge in [0.2, 0.25) is 0 Å². The van der Waals surface area contributed by atoms with Crippen molar-refractivity contribution in [2.45, 2.75) is 55.7 Å². The van der Waals surface area contributed by atoms with Crippen molar-refractivity contribution in [3.63, 3.8) is 0 Å². The molecular weight excluding hydrogens is 274 g/mol. The van der Waals surface area contributed by atoms with Crippen molar-refractivity contribution >= 4 is 10.1 Å². The average Bonchev–Trinajstić information content (AvgIpc) is 2.62. The summed E-state index contributed by atoms with van der Waals surface area (Å²) in [6, 6.07) is 7.80. The number of aryl methyl sites for hydroxylation is 1.